The van der Waals surface area contributed by atoms with Crippen molar-refractivity contribution in [2.45, 2.75) is 37.8 Å². The summed E-state index contributed by atoms with van der Waals surface area (Å²) in [4.78, 5) is 0. The molecular formula is C13H19NO3. The largest absolute Gasteiger partial charge is 0.504 e. The molecule has 0 unspecified atom stereocenters. The van der Waals surface area contributed by atoms with Gasteiger partial charge in [-0.05, 0) is 18.9 Å². The van der Waals surface area contributed by atoms with E-state index in [-0.39, 0.29) is 23.6 Å². The molecule has 1 saturated carbocycles. The van der Waals surface area contributed by atoms with Crippen molar-refractivity contribution in [3.05, 3.63) is 23.8 Å². The molecule has 0 radical (unpaired) electrons. The van der Waals surface area contributed by atoms with E-state index in [1.165, 1.54) is 6.07 Å². The molecule has 1 fully saturated rings. The summed E-state index contributed by atoms with van der Waals surface area (Å²) in [5, 5.41) is 31.8. The molecule has 1 aromatic carbocycles. The van der Waals surface area contributed by atoms with Crippen LogP contribution in [0.25, 0.3) is 0 Å². The Labute approximate surface area is 101 Å². The van der Waals surface area contributed by atoms with Crippen LogP contribution < -0.4 is 5.32 Å². The molecule has 0 aromatic heterocycles. The van der Waals surface area contributed by atoms with Gasteiger partial charge in [0.2, 0.25) is 0 Å². The molecule has 1 aliphatic rings. The first-order valence-electron chi connectivity index (χ1n) is 6.03. The Morgan fingerprint density at radius 1 is 1.18 bits per heavy atom. The van der Waals surface area contributed by atoms with Gasteiger partial charge in [-0.3, -0.25) is 0 Å². The summed E-state index contributed by atoms with van der Waals surface area (Å²) in [5.74, 6) is -0.181. The molecule has 0 amide bonds. The minimum Gasteiger partial charge on any atom is -0.504 e. The van der Waals surface area contributed by atoms with Crippen LogP contribution in [0.3, 0.4) is 0 Å². The molecule has 0 spiro atoms. The van der Waals surface area contributed by atoms with Gasteiger partial charge in [0.15, 0.2) is 11.5 Å². The highest BCUT2D eigenvalue weighted by Crippen LogP contribution is 2.32. The highest BCUT2D eigenvalue weighted by Gasteiger charge is 2.32. The number of aliphatic hydroxyl groups excluding tert-OH is 1. The molecule has 94 valence electrons. The Kier molecular flexibility index (Phi) is 3.54. The molecule has 4 N–H and O–H groups in total. The first-order chi connectivity index (χ1) is 8.17. The van der Waals surface area contributed by atoms with E-state index in [1.54, 1.807) is 12.1 Å². The van der Waals surface area contributed by atoms with E-state index >= 15 is 0 Å². The van der Waals surface area contributed by atoms with Crippen molar-refractivity contribution in [3.63, 3.8) is 0 Å². The Morgan fingerprint density at radius 3 is 2.53 bits per heavy atom. The fraction of sp³-hybridized carbons (Fsp3) is 0.538. The van der Waals surface area contributed by atoms with Crippen LogP contribution in [0.2, 0.25) is 0 Å². The second-order valence-corrected chi connectivity index (χ2v) is 4.78. The summed E-state index contributed by atoms with van der Waals surface area (Å²) in [7, 11) is 0. The second-order valence-electron chi connectivity index (χ2n) is 4.78. The minimum absolute atomic E-state index is 0.0777. The lowest BCUT2D eigenvalue weighted by Gasteiger charge is -2.28. The number of aliphatic hydroxyl groups is 1. The first-order valence-corrected chi connectivity index (χ1v) is 6.03. The molecule has 1 aromatic rings. The van der Waals surface area contributed by atoms with Gasteiger partial charge >= 0.3 is 0 Å². The molecule has 0 bridgehead atoms. The molecule has 0 aliphatic heterocycles. The van der Waals surface area contributed by atoms with Crippen LogP contribution in [0.15, 0.2) is 18.2 Å². The summed E-state index contributed by atoms with van der Waals surface area (Å²) >= 11 is 0. The predicted molar refractivity (Wildman–Crippen MR) is 64.9 cm³/mol. The van der Waals surface area contributed by atoms with Gasteiger partial charge in [-0.25, -0.2) is 0 Å². The molecule has 0 saturated heterocycles. The van der Waals surface area contributed by atoms with Crippen LogP contribution in [0, 0.1) is 0 Å². The van der Waals surface area contributed by atoms with Crippen LogP contribution in [-0.4, -0.2) is 27.5 Å². The van der Waals surface area contributed by atoms with Crippen LogP contribution in [0.5, 0.6) is 11.5 Å². The van der Waals surface area contributed by atoms with Gasteiger partial charge in [0.25, 0.3) is 0 Å². The van der Waals surface area contributed by atoms with Crippen molar-refractivity contribution in [1.29, 1.82) is 0 Å². The Balaban J connectivity index is 2.04. The Bertz CT molecular complexity index is 386. The number of hydrogen-bond donors (Lipinski definition) is 4. The van der Waals surface area contributed by atoms with Crippen LogP contribution in [-0.2, 0) is 6.54 Å². The zero-order chi connectivity index (χ0) is 12.3. The van der Waals surface area contributed by atoms with Crippen molar-refractivity contribution in [3.8, 4) is 11.5 Å². The zero-order valence-corrected chi connectivity index (χ0v) is 9.82. The number of rotatable bonds is 4. The topological polar surface area (TPSA) is 72.7 Å². The number of hydrogen-bond acceptors (Lipinski definition) is 4. The quantitative estimate of drug-likeness (QED) is 0.599. The number of aromatic hydroxyl groups is 2. The molecule has 17 heavy (non-hydrogen) atoms. The lowest BCUT2D eigenvalue weighted by atomic mass is 9.98. The number of phenols is 2. The molecule has 1 aliphatic carbocycles. The average molecular weight is 237 g/mol. The van der Waals surface area contributed by atoms with Crippen molar-refractivity contribution in [1.82, 2.24) is 5.32 Å². The highest BCUT2D eigenvalue weighted by atomic mass is 16.3. The number of phenolic OH excluding ortho intramolecular Hbond substituents is 2. The molecule has 4 nitrogen and oxygen atoms in total. The fourth-order valence-electron chi connectivity index (χ4n) is 2.45. The SMILES string of the molecule is OCC1(NCc2cccc(O)c2O)CCCC1. The van der Waals surface area contributed by atoms with Crippen molar-refractivity contribution >= 4 is 0 Å². The summed E-state index contributed by atoms with van der Waals surface area (Å²) in [6, 6.07) is 4.92. The summed E-state index contributed by atoms with van der Waals surface area (Å²) in [5.41, 5.74) is 0.447. The number of benzene rings is 1. The van der Waals surface area contributed by atoms with Gasteiger partial charge < -0.3 is 20.6 Å². The summed E-state index contributed by atoms with van der Waals surface area (Å²) in [6.07, 6.45) is 4.17. The molecular weight excluding hydrogens is 218 g/mol. The fourth-order valence-corrected chi connectivity index (χ4v) is 2.45. The number of nitrogens with one attached hydrogen (secondary N) is 1. The van der Waals surface area contributed by atoms with Crippen molar-refractivity contribution < 1.29 is 15.3 Å². The van der Waals surface area contributed by atoms with Crippen LogP contribution >= 0.6 is 0 Å². The first kappa shape index (κ1) is 12.2. The molecule has 0 heterocycles. The van der Waals surface area contributed by atoms with E-state index in [4.69, 9.17) is 0 Å². The third kappa shape index (κ3) is 2.53. The molecule has 4 heteroatoms. The van der Waals surface area contributed by atoms with E-state index in [9.17, 15) is 15.3 Å². The maximum atomic E-state index is 9.68. The van der Waals surface area contributed by atoms with E-state index in [2.05, 4.69) is 5.32 Å². The number of para-hydroxylation sites is 1. The second kappa shape index (κ2) is 4.94. The normalized spacial score (nSPS) is 18.4. The maximum absolute atomic E-state index is 9.68. The van der Waals surface area contributed by atoms with Gasteiger partial charge in [0, 0.05) is 17.6 Å². The van der Waals surface area contributed by atoms with Crippen LogP contribution in [0.4, 0.5) is 0 Å². The van der Waals surface area contributed by atoms with Crippen molar-refractivity contribution in [2.24, 2.45) is 0 Å². The van der Waals surface area contributed by atoms with E-state index in [1.807, 2.05) is 0 Å². The lowest BCUT2D eigenvalue weighted by molar-refractivity contribution is 0.162. The van der Waals surface area contributed by atoms with Crippen LogP contribution in [0.1, 0.15) is 31.2 Å². The zero-order valence-electron chi connectivity index (χ0n) is 9.82. The monoisotopic (exact) mass is 237 g/mol. The van der Waals surface area contributed by atoms with Gasteiger partial charge in [-0.2, -0.15) is 0 Å². The van der Waals surface area contributed by atoms with Gasteiger partial charge in [-0.1, -0.05) is 25.0 Å². The third-order valence-corrected chi connectivity index (χ3v) is 3.62. The lowest BCUT2D eigenvalue weighted by Crippen LogP contribution is -2.45. The van der Waals surface area contributed by atoms with E-state index < -0.39 is 0 Å². The van der Waals surface area contributed by atoms with Gasteiger partial charge in [0.05, 0.1) is 6.61 Å². The summed E-state index contributed by atoms with van der Waals surface area (Å²) in [6.45, 7) is 0.577. The Morgan fingerprint density at radius 2 is 1.88 bits per heavy atom. The Hall–Kier alpha value is -1.26. The maximum Gasteiger partial charge on any atom is 0.161 e. The standard InChI is InChI=1S/C13H19NO3/c15-9-13(6-1-2-7-13)14-8-10-4-3-5-11(16)12(10)17/h3-5,14-17H,1-2,6-9H2. The smallest absolute Gasteiger partial charge is 0.161 e. The average Bonchev–Trinajstić information content (AvgIpc) is 2.81. The molecule has 0 atom stereocenters. The highest BCUT2D eigenvalue weighted by molar-refractivity contribution is 5.44. The predicted octanol–water partition coefficient (Wildman–Crippen LogP) is 1.49. The van der Waals surface area contributed by atoms with Crippen molar-refractivity contribution in [2.75, 3.05) is 6.61 Å². The van der Waals surface area contributed by atoms with Gasteiger partial charge in [-0.15, -0.1) is 0 Å². The third-order valence-electron chi connectivity index (χ3n) is 3.62. The van der Waals surface area contributed by atoms with E-state index in [0.29, 0.717) is 12.1 Å². The van der Waals surface area contributed by atoms with Gasteiger partial charge in [0.1, 0.15) is 0 Å². The minimum atomic E-state index is -0.210. The molecule has 2 rings (SSSR count). The summed E-state index contributed by atoms with van der Waals surface area (Å²) < 4.78 is 0. The van der Waals surface area contributed by atoms with E-state index in [0.717, 1.165) is 25.7 Å².